The maximum Gasteiger partial charge on any atom is 0.253 e. The van der Waals surface area contributed by atoms with Crippen molar-refractivity contribution in [1.29, 1.82) is 0 Å². The van der Waals surface area contributed by atoms with Gasteiger partial charge in [-0.3, -0.25) is 14.4 Å². The van der Waals surface area contributed by atoms with Gasteiger partial charge in [0.2, 0.25) is 5.88 Å². The lowest BCUT2D eigenvalue weighted by Gasteiger charge is -2.32. The molecule has 0 saturated carbocycles. The van der Waals surface area contributed by atoms with E-state index >= 15 is 0 Å². The summed E-state index contributed by atoms with van der Waals surface area (Å²) in [6, 6.07) is 3.63. The fourth-order valence-electron chi connectivity index (χ4n) is 4.12. The summed E-state index contributed by atoms with van der Waals surface area (Å²) in [5.74, 6) is 0.430. The average molecular weight is 399 g/mol. The average Bonchev–Trinajstić information content (AvgIpc) is 3.13. The van der Waals surface area contributed by atoms with Gasteiger partial charge in [0.15, 0.2) is 0 Å². The number of carbonyl (C=O) groups excluding carboxylic acids is 1. The van der Waals surface area contributed by atoms with Gasteiger partial charge in [-0.25, -0.2) is 4.98 Å². The van der Waals surface area contributed by atoms with Crippen molar-refractivity contribution in [2.24, 2.45) is 0 Å². The third-order valence-corrected chi connectivity index (χ3v) is 5.78. The molecule has 1 amide bonds. The van der Waals surface area contributed by atoms with Crippen molar-refractivity contribution in [2.75, 3.05) is 26.8 Å². The van der Waals surface area contributed by atoms with Gasteiger partial charge >= 0.3 is 0 Å². The predicted molar refractivity (Wildman–Crippen MR) is 108 cm³/mol. The molecule has 0 aliphatic carbocycles. The molecule has 0 bridgehead atoms. The molecular weight excluding hydrogens is 370 g/mol. The Kier molecular flexibility index (Phi) is 6.10. The number of likely N-dealkylation sites (tertiary alicyclic amines) is 1. The molecule has 1 fully saturated rings. The highest BCUT2D eigenvalue weighted by molar-refractivity contribution is 5.94. The Morgan fingerprint density at radius 3 is 2.86 bits per heavy atom. The number of nitrogens with zero attached hydrogens (tertiary/aromatic N) is 4. The van der Waals surface area contributed by atoms with Crippen LogP contribution in [0.4, 0.5) is 0 Å². The first-order chi connectivity index (χ1) is 14.2. The quantitative estimate of drug-likeness (QED) is 0.797. The zero-order valence-electron chi connectivity index (χ0n) is 17.2. The molecular formula is C21H29N5O3. The molecule has 2 aromatic rings. The predicted octanol–water partition coefficient (Wildman–Crippen LogP) is 1.77. The number of fused-ring (bicyclic) bond motifs is 1. The van der Waals surface area contributed by atoms with E-state index in [-0.39, 0.29) is 11.9 Å². The van der Waals surface area contributed by atoms with Crippen LogP contribution in [0.1, 0.15) is 47.1 Å². The monoisotopic (exact) mass is 399 g/mol. The summed E-state index contributed by atoms with van der Waals surface area (Å²) in [5, 5.41) is 7.97. The van der Waals surface area contributed by atoms with E-state index < -0.39 is 0 Å². The van der Waals surface area contributed by atoms with E-state index in [0.717, 1.165) is 57.7 Å². The number of rotatable bonds is 6. The van der Waals surface area contributed by atoms with Gasteiger partial charge in [-0.15, -0.1) is 0 Å². The maximum absolute atomic E-state index is 12.4. The molecule has 0 radical (unpaired) electrons. The van der Waals surface area contributed by atoms with E-state index in [1.54, 1.807) is 25.4 Å². The van der Waals surface area contributed by atoms with E-state index in [1.807, 2.05) is 0 Å². The first-order valence-electron chi connectivity index (χ1n) is 10.4. The Hall–Kier alpha value is -2.45. The van der Waals surface area contributed by atoms with Crippen LogP contribution in [-0.4, -0.2) is 58.4 Å². The van der Waals surface area contributed by atoms with Gasteiger partial charge in [0.25, 0.3) is 5.91 Å². The number of aromatic nitrogens is 3. The minimum absolute atomic E-state index is 0.0773. The Labute approximate surface area is 171 Å². The number of methoxy groups -OCH3 is 1. The highest BCUT2D eigenvalue weighted by Gasteiger charge is 2.25. The van der Waals surface area contributed by atoms with Gasteiger partial charge in [0, 0.05) is 62.2 Å². The van der Waals surface area contributed by atoms with Crippen molar-refractivity contribution in [1.82, 2.24) is 25.0 Å². The zero-order valence-corrected chi connectivity index (χ0v) is 17.2. The molecule has 2 aliphatic rings. The van der Waals surface area contributed by atoms with E-state index in [2.05, 4.69) is 26.8 Å². The van der Waals surface area contributed by atoms with E-state index in [1.165, 1.54) is 11.3 Å². The van der Waals surface area contributed by atoms with Gasteiger partial charge in [0.05, 0.1) is 31.6 Å². The first-order valence-corrected chi connectivity index (χ1v) is 10.4. The molecule has 8 nitrogen and oxygen atoms in total. The third kappa shape index (κ3) is 4.43. The minimum Gasteiger partial charge on any atom is -0.481 e. The Morgan fingerprint density at radius 1 is 1.34 bits per heavy atom. The van der Waals surface area contributed by atoms with Crippen LogP contribution in [0.3, 0.4) is 0 Å². The van der Waals surface area contributed by atoms with Gasteiger partial charge in [-0.2, -0.15) is 5.10 Å². The number of pyridine rings is 1. The third-order valence-electron chi connectivity index (χ3n) is 5.78. The van der Waals surface area contributed by atoms with Crippen LogP contribution >= 0.6 is 0 Å². The largest absolute Gasteiger partial charge is 0.481 e. The van der Waals surface area contributed by atoms with E-state index in [0.29, 0.717) is 18.1 Å². The number of carbonyl (C=O) groups is 1. The fourth-order valence-corrected chi connectivity index (χ4v) is 4.12. The second-order valence-electron chi connectivity index (χ2n) is 7.60. The van der Waals surface area contributed by atoms with Crippen molar-refractivity contribution in [2.45, 2.75) is 51.9 Å². The van der Waals surface area contributed by atoms with Crippen molar-refractivity contribution in [3.8, 4) is 5.88 Å². The van der Waals surface area contributed by atoms with E-state index in [9.17, 15) is 4.79 Å². The molecule has 2 aromatic heterocycles. The highest BCUT2D eigenvalue weighted by Crippen LogP contribution is 2.23. The van der Waals surface area contributed by atoms with Gasteiger partial charge in [0.1, 0.15) is 0 Å². The molecule has 156 valence electrons. The maximum atomic E-state index is 12.4. The minimum atomic E-state index is -0.0773. The topological polar surface area (TPSA) is 81.5 Å². The zero-order chi connectivity index (χ0) is 20.2. The Morgan fingerprint density at radius 2 is 2.17 bits per heavy atom. The molecule has 1 N–H and O–H groups in total. The lowest BCUT2D eigenvalue weighted by atomic mass is 10.0. The molecule has 8 heteroatoms. The summed E-state index contributed by atoms with van der Waals surface area (Å²) in [5.41, 5.74) is 4.32. The second kappa shape index (κ2) is 8.92. The van der Waals surface area contributed by atoms with Crippen LogP contribution in [0.15, 0.2) is 18.3 Å². The SMILES string of the molecule is CCn1nc(CN2CCC(NC(=O)c3ccc(OC)nc3)CC2)c2c1CCOC2. The van der Waals surface area contributed by atoms with Crippen LogP contribution in [0.5, 0.6) is 5.88 Å². The van der Waals surface area contributed by atoms with Gasteiger partial charge in [-0.05, 0) is 25.8 Å². The number of aryl methyl sites for hydroxylation is 1. The molecule has 4 rings (SSSR count). The fraction of sp³-hybridized carbons (Fsp3) is 0.571. The molecule has 2 aliphatic heterocycles. The first kappa shape index (κ1) is 19.8. The van der Waals surface area contributed by atoms with Crippen LogP contribution in [-0.2, 0) is 30.9 Å². The van der Waals surface area contributed by atoms with E-state index in [4.69, 9.17) is 14.6 Å². The number of hydrogen-bond acceptors (Lipinski definition) is 6. The molecule has 0 unspecified atom stereocenters. The number of amides is 1. The van der Waals surface area contributed by atoms with Crippen LogP contribution in [0.2, 0.25) is 0 Å². The lowest BCUT2D eigenvalue weighted by molar-refractivity contribution is 0.0906. The van der Waals surface area contributed by atoms with Crippen molar-refractivity contribution < 1.29 is 14.3 Å². The molecule has 0 atom stereocenters. The molecule has 0 spiro atoms. The Bertz CT molecular complexity index is 841. The van der Waals surface area contributed by atoms with Crippen LogP contribution < -0.4 is 10.1 Å². The van der Waals surface area contributed by atoms with Crippen LogP contribution in [0.25, 0.3) is 0 Å². The van der Waals surface area contributed by atoms with Gasteiger partial charge < -0.3 is 14.8 Å². The number of hydrogen-bond donors (Lipinski definition) is 1. The summed E-state index contributed by atoms with van der Waals surface area (Å²) in [6.07, 6.45) is 4.37. The number of ether oxygens (including phenoxy) is 2. The lowest BCUT2D eigenvalue weighted by Crippen LogP contribution is -2.44. The molecule has 0 aromatic carbocycles. The highest BCUT2D eigenvalue weighted by atomic mass is 16.5. The number of nitrogens with one attached hydrogen (secondary N) is 1. The summed E-state index contributed by atoms with van der Waals surface area (Å²) < 4.78 is 12.8. The van der Waals surface area contributed by atoms with Gasteiger partial charge in [-0.1, -0.05) is 0 Å². The molecule has 4 heterocycles. The summed E-state index contributed by atoms with van der Waals surface area (Å²) in [7, 11) is 1.56. The standard InChI is InChI=1S/C21H29N5O3/c1-3-26-19-8-11-29-14-17(19)18(24-26)13-25-9-6-16(7-10-25)23-21(27)15-4-5-20(28-2)22-12-15/h4-5,12,16H,3,6-11,13-14H2,1-2H3,(H,23,27). The van der Waals surface area contributed by atoms with Crippen molar-refractivity contribution in [3.63, 3.8) is 0 Å². The Balaban J connectivity index is 1.30. The summed E-state index contributed by atoms with van der Waals surface area (Å²) in [6.45, 7) is 7.23. The smallest absolute Gasteiger partial charge is 0.253 e. The molecule has 29 heavy (non-hydrogen) atoms. The molecule has 1 saturated heterocycles. The number of piperidine rings is 1. The summed E-state index contributed by atoms with van der Waals surface area (Å²) >= 11 is 0. The van der Waals surface area contributed by atoms with Crippen molar-refractivity contribution in [3.05, 3.63) is 40.8 Å². The summed E-state index contributed by atoms with van der Waals surface area (Å²) in [4.78, 5) is 19.0. The second-order valence-corrected chi connectivity index (χ2v) is 7.60. The normalized spacial score (nSPS) is 17.7. The van der Waals surface area contributed by atoms with Crippen molar-refractivity contribution >= 4 is 5.91 Å². The van der Waals surface area contributed by atoms with Crippen LogP contribution in [0, 0.1) is 0 Å².